The predicted octanol–water partition coefficient (Wildman–Crippen LogP) is 0.350. The summed E-state index contributed by atoms with van der Waals surface area (Å²) in [5.41, 5.74) is 14.8. The van der Waals surface area contributed by atoms with E-state index in [0.29, 0.717) is 0 Å². The molecule has 10 heteroatoms. The lowest BCUT2D eigenvalue weighted by Crippen LogP contribution is -2.57. The summed E-state index contributed by atoms with van der Waals surface area (Å²) in [6.45, 7) is 3.76. The fraction of sp³-hybridized carbons (Fsp3) is 0.615. The van der Waals surface area contributed by atoms with Gasteiger partial charge in [-0.15, -0.1) is 0 Å². The van der Waals surface area contributed by atoms with Crippen LogP contribution in [-0.4, -0.2) is 57.2 Å². The second-order valence-corrected chi connectivity index (χ2v) is 4.92. The predicted molar refractivity (Wildman–Crippen MR) is 76.6 cm³/mol. The molecule has 1 fully saturated rings. The van der Waals surface area contributed by atoms with Crippen molar-refractivity contribution in [2.45, 2.75) is 30.4 Å². The van der Waals surface area contributed by atoms with Gasteiger partial charge in [-0.05, 0) is 18.2 Å². The average molecular weight is 326 g/mol. The Labute approximate surface area is 132 Å². The van der Waals surface area contributed by atoms with E-state index < -0.39 is 36.4 Å². The SMILES string of the molecule is C=C1OC[C@H]([C@@H](OC)[C@@H]2OC(C(=O)OC)=C[C@H](N=[N+]=[N-])[C@H]2N)O1. The van der Waals surface area contributed by atoms with E-state index in [-0.39, 0.29) is 18.3 Å². The highest BCUT2D eigenvalue weighted by Gasteiger charge is 2.45. The topological polar surface area (TPSA) is 138 Å². The van der Waals surface area contributed by atoms with E-state index >= 15 is 0 Å². The van der Waals surface area contributed by atoms with Crippen LogP contribution in [0.15, 0.2) is 29.5 Å². The Morgan fingerprint density at radius 3 is 2.83 bits per heavy atom. The second kappa shape index (κ2) is 7.23. The zero-order valence-corrected chi connectivity index (χ0v) is 12.7. The molecular formula is C13H18N4O6. The lowest BCUT2D eigenvalue weighted by atomic mass is 9.93. The van der Waals surface area contributed by atoms with E-state index in [0.717, 1.165) is 0 Å². The molecule has 0 radical (unpaired) electrons. The minimum Gasteiger partial charge on any atom is -0.479 e. The number of nitrogens with two attached hydrogens (primary N) is 1. The highest BCUT2D eigenvalue weighted by molar-refractivity contribution is 5.86. The number of carbonyl (C=O) groups is 1. The van der Waals surface area contributed by atoms with Crippen LogP contribution in [0.3, 0.4) is 0 Å². The standard InChI is InChI=1S/C13H18N4O6/c1-6-21-5-9(22-6)11(19-2)12-10(14)7(16-17-15)4-8(23-12)13(18)20-3/h4,7,9-12H,1,5,14H2,2-3H3/t7-,9+,10+,11+,12+/m0/s1. The van der Waals surface area contributed by atoms with Crippen LogP contribution in [0.25, 0.3) is 10.4 Å². The van der Waals surface area contributed by atoms with Crippen LogP contribution >= 0.6 is 0 Å². The Kier molecular flexibility index (Phi) is 5.32. The third kappa shape index (κ3) is 3.50. The van der Waals surface area contributed by atoms with Crippen molar-refractivity contribution < 1.29 is 28.5 Å². The molecule has 0 aliphatic carbocycles. The molecule has 5 atom stereocenters. The number of methoxy groups -OCH3 is 2. The van der Waals surface area contributed by atoms with Crippen molar-refractivity contribution >= 4 is 5.97 Å². The summed E-state index contributed by atoms with van der Waals surface area (Å²) in [6.07, 6.45) is -0.681. The van der Waals surface area contributed by atoms with E-state index in [1.807, 2.05) is 0 Å². The van der Waals surface area contributed by atoms with Crippen molar-refractivity contribution in [1.29, 1.82) is 0 Å². The van der Waals surface area contributed by atoms with Gasteiger partial charge in [0.05, 0.1) is 19.2 Å². The molecule has 0 aromatic carbocycles. The van der Waals surface area contributed by atoms with Crippen LogP contribution in [0, 0.1) is 0 Å². The van der Waals surface area contributed by atoms with Crippen LogP contribution in [-0.2, 0) is 28.5 Å². The normalized spacial score (nSPS) is 30.9. The maximum absolute atomic E-state index is 11.8. The molecule has 2 aliphatic rings. The van der Waals surface area contributed by atoms with Crippen molar-refractivity contribution in [3.63, 3.8) is 0 Å². The van der Waals surface area contributed by atoms with Crippen LogP contribution in [0.5, 0.6) is 0 Å². The molecule has 0 unspecified atom stereocenters. The minimum absolute atomic E-state index is 0.101. The van der Waals surface area contributed by atoms with Crippen LogP contribution in [0.4, 0.5) is 0 Å². The van der Waals surface area contributed by atoms with E-state index in [4.69, 9.17) is 30.2 Å². The van der Waals surface area contributed by atoms with Gasteiger partial charge in [-0.25, -0.2) is 4.79 Å². The van der Waals surface area contributed by atoms with Gasteiger partial charge < -0.3 is 29.4 Å². The van der Waals surface area contributed by atoms with Crippen molar-refractivity contribution in [2.24, 2.45) is 10.8 Å². The van der Waals surface area contributed by atoms with Gasteiger partial charge in [-0.2, -0.15) is 0 Å². The summed E-state index contributed by atoms with van der Waals surface area (Å²) in [6, 6.07) is -1.54. The van der Waals surface area contributed by atoms with E-state index in [2.05, 4.69) is 21.3 Å². The monoisotopic (exact) mass is 326 g/mol. The molecule has 0 spiro atoms. The van der Waals surface area contributed by atoms with Crippen LogP contribution in [0.1, 0.15) is 0 Å². The fourth-order valence-electron chi connectivity index (χ4n) is 2.47. The first-order valence-electron chi connectivity index (χ1n) is 6.79. The summed E-state index contributed by atoms with van der Waals surface area (Å²) in [5.74, 6) is -0.643. The number of carbonyl (C=O) groups excluding carboxylic acids is 1. The van der Waals surface area contributed by atoms with Gasteiger partial charge in [0.1, 0.15) is 18.8 Å². The molecule has 1 saturated heterocycles. The molecule has 2 aliphatic heterocycles. The molecule has 126 valence electrons. The molecule has 2 rings (SSSR count). The van der Waals surface area contributed by atoms with E-state index in [1.165, 1.54) is 20.3 Å². The Balaban J connectivity index is 2.28. The Bertz CT molecular complexity index is 559. The van der Waals surface area contributed by atoms with Gasteiger partial charge >= 0.3 is 5.97 Å². The lowest BCUT2D eigenvalue weighted by Gasteiger charge is -2.37. The maximum atomic E-state index is 11.8. The van der Waals surface area contributed by atoms with Crippen molar-refractivity contribution in [3.05, 3.63) is 34.8 Å². The first-order valence-corrected chi connectivity index (χ1v) is 6.79. The molecule has 0 amide bonds. The van der Waals surface area contributed by atoms with Gasteiger partial charge in [-0.1, -0.05) is 5.11 Å². The maximum Gasteiger partial charge on any atom is 0.372 e. The highest BCUT2D eigenvalue weighted by atomic mass is 16.7. The zero-order valence-electron chi connectivity index (χ0n) is 12.7. The fourth-order valence-corrected chi connectivity index (χ4v) is 2.47. The first-order chi connectivity index (χ1) is 11.0. The smallest absolute Gasteiger partial charge is 0.372 e. The second-order valence-electron chi connectivity index (χ2n) is 4.92. The summed E-state index contributed by atoms with van der Waals surface area (Å²) < 4.78 is 26.2. The molecule has 23 heavy (non-hydrogen) atoms. The quantitative estimate of drug-likeness (QED) is 0.333. The third-order valence-corrected chi connectivity index (χ3v) is 3.58. The molecule has 2 N–H and O–H groups in total. The Morgan fingerprint density at radius 1 is 1.57 bits per heavy atom. The largest absolute Gasteiger partial charge is 0.479 e. The minimum atomic E-state index is -0.811. The molecule has 10 nitrogen and oxygen atoms in total. The van der Waals surface area contributed by atoms with Gasteiger partial charge in [0, 0.05) is 12.0 Å². The third-order valence-electron chi connectivity index (χ3n) is 3.58. The van der Waals surface area contributed by atoms with E-state index in [9.17, 15) is 4.79 Å². The molecule has 0 saturated carbocycles. The molecule has 0 bridgehead atoms. The van der Waals surface area contributed by atoms with Crippen molar-refractivity contribution in [3.8, 4) is 0 Å². The average Bonchev–Trinajstić information content (AvgIpc) is 2.97. The molecule has 0 aromatic rings. The van der Waals surface area contributed by atoms with Gasteiger partial charge in [0.25, 0.3) is 5.95 Å². The van der Waals surface area contributed by atoms with Gasteiger partial charge in [0.2, 0.25) is 5.76 Å². The molecular weight excluding hydrogens is 308 g/mol. The van der Waals surface area contributed by atoms with Crippen molar-refractivity contribution in [2.75, 3.05) is 20.8 Å². The number of nitrogens with zero attached hydrogens (tertiary/aromatic N) is 3. The van der Waals surface area contributed by atoms with E-state index in [1.54, 1.807) is 0 Å². The summed E-state index contributed by atoms with van der Waals surface area (Å²) in [4.78, 5) is 14.5. The van der Waals surface area contributed by atoms with Gasteiger partial charge in [0.15, 0.2) is 6.10 Å². The van der Waals surface area contributed by atoms with Crippen LogP contribution in [0.2, 0.25) is 0 Å². The number of esters is 1. The number of ether oxygens (including phenoxy) is 5. The molecule has 2 heterocycles. The lowest BCUT2D eigenvalue weighted by molar-refractivity contribution is -0.147. The highest BCUT2D eigenvalue weighted by Crippen LogP contribution is 2.28. The summed E-state index contributed by atoms with van der Waals surface area (Å²) >= 11 is 0. The van der Waals surface area contributed by atoms with Crippen molar-refractivity contribution in [1.82, 2.24) is 0 Å². The molecule has 0 aromatic heterocycles. The Hall–Kier alpha value is -2.42. The van der Waals surface area contributed by atoms with Gasteiger partial charge in [-0.3, -0.25) is 0 Å². The summed E-state index contributed by atoms with van der Waals surface area (Å²) in [7, 11) is 2.66. The zero-order chi connectivity index (χ0) is 17.0. The number of hydrogen-bond donors (Lipinski definition) is 1. The first kappa shape index (κ1) is 16.9. The number of rotatable bonds is 5. The number of hydrogen-bond acceptors (Lipinski definition) is 8. The van der Waals surface area contributed by atoms with Crippen LogP contribution < -0.4 is 5.73 Å². The Morgan fingerprint density at radius 2 is 2.30 bits per heavy atom. The summed E-state index contributed by atoms with van der Waals surface area (Å²) in [5, 5.41) is 3.59. The number of azide groups is 1.